The van der Waals surface area contributed by atoms with Gasteiger partial charge in [0.2, 0.25) is 0 Å². The van der Waals surface area contributed by atoms with E-state index in [-0.39, 0.29) is 0 Å². The lowest BCUT2D eigenvalue weighted by Gasteiger charge is -2.29. The van der Waals surface area contributed by atoms with Gasteiger partial charge in [-0.25, -0.2) is 4.98 Å². The van der Waals surface area contributed by atoms with Gasteiger partial charge in [0.1, 0.15) is 0 Å². The number of benzene rings is 1. The minimum absolute atomic E-state index is 0.708. The quantitative estimate of drug-likeness (QED) is 0.134. The number of fused-ring (bicyclic) bond motifs is 1. The molecule has 0 radical (unpaired) electrons. The van der Waals surface area contributed by atoms with Crippen molar-refractivity contribution in [1.82, 2.24) is 4.98 Å². The summed E-state index contributed by atoms with van der Waals surface area (Å²) in [6.45, 7) is 8.50. The first-order chi connectivity index (χ1) is 13.7. The second-order valence-corrected chi connectivity index (χ2v) is 15.9. The largest absolute Gasteiger partial charge is 0.501 e. The first-order valence-electron chi connectivity index (χ1n) is 9.63. The molecule has 0 saturated heterocycles. The number of aromatic nitrogens is 1. The summed E-state index contributed by atoms with van der Waals surface area (Å²) in [7, 11) is 4.55. The van der Waals surface area contributed by atoms with Crippen LogP contribution in [0.2, 0.25) is 6.04 Å². The van der Waals surface area contributed by atoms with Crippen molar-refractivity contribution in [2.75, 3.05) is 25.6 Å². The van der Waals surface area contributed by atoms with Gasteiger partial charge in [0.25, 0.3) is 0 Å². The molecule has 4 nitrogen and oxygen atoms in total. The molecule has 1 aromatic heterocycles. The molecule has 0 fully saturated rings. The van der Waals surface area contributed by atoms with Crippen molar-refractivity contribution in [3.8, 4) is 0 Å². The summed E-state index contributed by atoms with van der Waals surface area (Å²) in [5.41, 5.74) is 1.08. The van der Waals surface area contributed by atoms with E-state index in [2.05, 4.69) is 44.0 Å². The molecule has 28 heavy (non-hydrogen) atoms. The lowest BCUT2D eigenvalue weighted by atomic mass is 10.3. The third kappa shape index (κ3) is 8.77. The normalized spacial score (nSPS) is 12.1. The molecule has 0 aliphatic rings. The van der Waals surface area contributed by atoms with Crippen molar-refractivity contribution >= 4 is 71.6 Å². The van der Waals surface area contributed by atoms with E-state index in [1.54, 1.807) is 41.8 Å². The molecule has 0 bridgehead atoms. The Morgan fingerprint density at radius 1 is 0.929 bits per heavy atom. The summed E-state index contributed by atoms with van der Waals surface area (Å²) in [4.78, 5) is 4.66. The third-order valence-electron chi connectivity index (χ3n) is 3.53. The Labute approximate surface area is 189 Å². The Morgan fingerprint density at radius 3 is 2.18 bits per heavy atom. The van der Waals surface area contributed by atoms with Crippen LogP contribution < -0.4 is 0 Å². The van der Waals surface area contributed by atoms with Gasteiger partial charge < -0.3 is 13.3 Å². The van der Waals surface area contributed by atoms with E-state index < -0.39 is 8.80 Å². The monoisotopic (exact) mass is 495 g/mol. The summed E-state index contributed by atoms with van der Waals surface area (Å²) in [5.74, 6) is 0.960. The van der Waals surface area contributed by atoms with E-state index in [9.17, 15) is 0 Å². The van der Waals surface area contributed by atoms with E-state index >= 15 is 0 Å². The highest BCUT2D eigenvalue weighted by Gasteiger charge is 2.40. The Balaban J connectivity index is 1.74. The van der Waals surface area contributed by atoms with E-state index in [0.717, 1.165) is 40.9 Å². The van der Waals surface area contributed by atoms with Crippen LogP contribution >= 0.6 is 52.6 Å². The van der Waals surface area contributed by atoms with Crippen LogP contribution in [0.15, 0.2) is 28.6 Å². The number of thiazole rings is 1. The molecule has 0 spiro atoms. The molecule has 0 unspecified atom stereocenters. The van der Waals surface area contributed by atoms with Crippen LogP contribution in [0.4, 0.5) is 0 Å². The highest BCUT2D eigenvalue weighted by molar-refractivity contribution is 9.26. The molecular formula is C18H29NO3S5Si. The minimum atomic E-state index is -2.57. The van der Waals surface area contributed by atoms with Crippen LogP contribution in [0.25, 0.3) is 10.2 Å². The molecule has 0 atom stereocenters. The van der Waals surface area contributed by atoms with Crippen molar-refractivity contribution in [2.45, 2.75) is 50.4 Å². The Kier molecular flexibility index (Phi) is 13.0. The van der Waals surface area contributed by atoms with Gasteiger partial charge in [0, 0.05) is 31.6 Å². The summed E-state index contributed by atoms with van der Waals surface area (Å²) < 4.78 is 20.8. The van der Waals surface area contributed by atoms with E-state index in [4.69, 9.17) is 13.3 Å². The van der Waals surface area contributed by atoms with Gasteiger partial charge in [-0.15, -0.1) is 11.3 Å². The molecule has 0 N–H and O–H groups in total. The first kappa shape index (κ1) is 24.9. The molecule has 2 rings (SSSR count). The maximum atomic E-state index is 6.14. The fraction of sp³-hybridized carbons (Fsp3) is 0.611. The Hall–Kier alpha value is 0.607. The molecule has 2 aromatic rings. The molecule has 10 heteroatoms. The number of hydrogen-bond donors (Lipinski definition) is 0. The van der Waals surface area contributed by atoms with Crippen LogP contribution in [0.3, 0.4) is 0 Å². The fourth-order valence-electron chi connectivity index (χ4n) is 2.26. The van der Waals surface area contributed by atoms with Gasteiger partial charge in [-0.3, -0.25) is 0 Å². The van der Waals surface area contributed by atoms with Gasteiger partial charge in [0.05, 0.1) is 10.2 Å². The summed E-state index contributed by atoms with van der Waals surface area (Å²) in [6, 6.07) is 9.14. The van der Waals surface area contributed by atoms with Crippen LogP contribution in [0.1, 0.15) is 40.0 Å². The van der Waals surface area contributed by atoms with Crippen molar-refractivity contribution in [3.05, 3.63) is 24.3 Å². The summed E-state index contributed by atoms with van der Waals surface area (Å²) >= 11 is 1.75. The molecule has 0 aliphatic heterocycles. The SMILES string of the molecule is CCCO[Si](CCSSSSc1nc2ccccc2s1)(OCCC)OCCC. The number of rotatable bonds is 16. The second-order valence-electron chi connectivity index (χ2n) is 5.97. The van der Waals surface area contributed by atoms with Crippen molar-refractivity contribution in [1.29, 1.82) is 0 Å². The van der Waals surface area contributed by atoms with Crippen LogP contribution in [-0.4, -0.2) is 39.4 Å². The summed E-state index contributed by atoms with van der Waals surface area (Å²) in [6.07, 6.45) is 2.95. The number of hydrogen-bond acceptors (Lipinski definition) is 9. The Bertz CT molecular complexity index is 621. The minimum Gasteiger partial charge on any atom is -0.373 e. The van der Waals surface area contributed by atoms with Gasteiger partial charge >= 0.3 is 8.80 Å². The van der Waals surface area contributed by atoms with E-state index in [1.807, 2.05) is 16.9 Å². The molecular weight excluding hydrogens is 467 g/mol. The molecule has 0 saturated carbocycles. The standard InChI is InChI=1S/C18H29NO3S5Si/c1-4-11-20-28(21-12-5-2,22-13-6-3)15-14-23-26-27-25-18-19-16-9-7-8-10-17(16)24-18/h7-10H,4-6,11-15H2,1-3H3. The van der Waals surface area contributed by atoms with Crippen molar-refractivity contribution in [3.63, 3.8) is 0 Å². The molecule has 1 aromatic carbocycles. The second kappa shape index (κ2) is 14.6. The predicted molar refractivity (Wildman–Crippen MR) is 132 cm³/mol. The smallest absolute Gasteiger partial charge is 0.373 e. The number of para-hydroxylation sites is 1. The highest BCUT2D eigenvalue weighted by Crippen LogP contribution is 2.48. The average Bonchev–Trinajstić information content (AvgIpc) is 3.14. The maximum absolute atomic E-state index is 6.14. The zero-order chi connectivity index (χ0) is 20.1. The van der Waals surface area contributed by atoms with Crippen LogP contribution in [0.5, 0.6) is 0 Å². The zero-order valence-electron chi connectivity index (χ0n) is 16.7. The fourth-order valence-corrected chi connectivity index (χ4v) is 13.3. The average molecular weight is 496 g/mol. The van der Waals surface area contributed by atoms with Crippen LogP contribution in [0, 0.1) is 0 Å². The van der Waals surface area contributed by atoms with Gasteiger partial charge in [-0.05, 0) is 61.8 Å². The Morgan fingerprint density at radius 2 is 1.57 bits per heavy atom. The highest BCUT2D eigenvalue weighted by atomic mass is 33.7. The van der Waals surface area contributed by atoms with Gasteiger partial charge in [-0.1, -0.05) is 43.7 Å². The maximum Gasteiger partial charge on any atom is 0.501 e. The molecule has 158 valence electrons. The topological polar surface area (TPSA) is 40.6 Å². The lowest BCUT2D eigenvalue weighted by molar-refractivity contribution is 0.0607. The predicted octanol–water partition coefficient (Wildman–Crippen LogP) is 7.55. The van der Waals surface area contributed by atoms with E-state index in [0.29, 0.717) is 19.8 Å². The zero-order valence-corrected chi connectivity index (χ0v) is 21.8. The van der Waals surface area contributed by atoms with Gasteiger partial charge in [-0.2, -0.15) is 0 Å². The lowest BCUT2D eigenvalue weighted by Crippen LogP contribution is -2.47. The van der Waals surface area contributed by atoms with Gasteiger partial charge in [0.15, 0.2) is 4.34 Å². The van der Waals surface area contributed by atoms with Crippen molar-refractivity contribution in [2.24, 2.45) is 0 Å². The molecule has 0 aliphatic carbocycles. The van der Waals surface area contributed by atoms with Crippen LogP contribution in [-0.2, 0) is 13.3 Å². The van der Waals surface area contributed by atoms with Crippen molar-refractivity contribution < 1.29 is 13.3 Å². The molecule has 0 amide bonds. The molecule has 1 heterocycles. The number of nitrogens with zero attached hydrogens (tertiary/aromatic N) is 1. The third-order valence-corrected chi connectivity index (χ3v) is 14.3. The van der Waals surface area contributed by atoms with E-state index in [1.165, 1.54) is 4.70 Å². The summed E-state index contributed by atoms with van der Waals surface area (Å²) in [5, 5.41) is 0. The first-order valence-corrected chi connectivity index (χ1v) is 17.4.